The van der Waals surface area contributed by atoms with E-state index < -0.39 is 35.9 Å². The maximum absolute atomic E-state index is 13.5. The van der Waals surface area contributed by atoms with Gasteiger partial charge in [-0.15, -0.1) is 0 Å². The van der Waals surface area contributed by atoms with Crippen molar-refractivity contribution in [3.8, 4) is 5.75 Å². The van der Waals surface area contributed by atoms with Crippen LogP contribution in [-0.2, 0) is 35.1 Å². The molecule has 56 heavy (non-hydrogen) atoms. The summed E-state index contributed by atoms with van der Waals surface area (Å²) in [6.45, 7) is 7.48. The highest BCUT2D eigenvalue weighted by molar-refractivity contribution is 5.91. The van der Waals surface area contributed by atoms with Gasteiger partial charge in [-0.05, 0) is 134 Å². The summed E-state index contributed by atoms with van der Waals surface area (Å²) in [7, 11) is 1.49. The summed E-state index contributed by atoms with van der Waals surface area (Å²) < 4.78 is 21.7. The zero-order valence-corrected chi connectivity index (χ0v) is 33.0. The maximum atomic E-state index is 13.5. The Kier molecular flexibility index (Phi) is 12.7. The number of hydrogen-bond acceptors (Lipinski definition) is 10. The van der Waals surface area contributed by atoms with Gasteiger partial charge in [0.2, 0.25) is 5.91 Å². The highest BCUT2D eigenvalue weighted by Gasteiger charge is 2.60. The average molecular weight is 777 g/mol. The van der Waals surface area contributed by atoms with Gasteiger partial charge in [0, 0.05) is 28.9 Å². The standard InChI is InChI=1S/C42H56N4O10/c1-24(5-12-38(50)54-18-17-44-46-43)31-10-11-32-30-8-6-26-21-28(13-15-41(26,2)33(30)14-16-42(31,32)3)55-40(52)34(23-37(48)49)45-36(47)19-25-20-39(51)56-35-22-27(53-4)7-9-29(25)35/h7,9,20,22,24,26,28,30-34H,5-6,8,10-19,21,23H2,1-4H3,(H,45,47)(H,48,49)/t24?,26-,28-,30+,31?,32+,33+,34?,41+,42-/m1/s1. The SMILES string of the molecule is COc1ccc2c(CC(=O)NC(CC(=O)O)C(=O)O[C@@H]3CC[C@@]4(C)[C@H](CC[C@@H]5[C@@H]4CC[C@]4(C)C(C(C)CCC(=O)OCCN=[N+]=[N-])CC[C@@H]54)C3)cc(=O)oc2c1. The summed E-state index contributed by atoms with van der Waals surface area (Å²) in [5.41, 5.74) is 8.76. The number of carbonyl (C=O) groups is 4. The van der Waals surface area contributed by atoms with Gasteiger partial charge in [0.05, 0.1) is 33.1 Å². The highest BCUT2D eigenvalue weighted by atomic mass is 16.5. The lowest BCUT2D eigenvalue weighted by Gasteiger charge is -2.61. The minimum absolute atomic E-state index is 0.115. The number of fused-ring (bicyclic) bond motifs is 6. The number of ether oxygens (including phenoxy) is 3. The third kappa shape index (κ3) is 8.70. The van der Waals surface area contributed by atoms with Gasteiger partial charge in [0.25, 0.3) is 0 Å². The van der Waals surface area contributed by atoms with Crippen LogP contribution in [-0.4, -0.2) is 61.3 Å². The van der Waals surface area contributed by atoms with Gasteiger partial charge in [-0.3, -0.25) is 14.4 Å². The number of nitrogens with one attached hydrogen (secondary N) is 1. The van der Waals surface area contributed by atoms with E-state index in [1.807, 2.05) is 0 Å². The first-order valence-electron chi connectivity index (χ1n) is 20.2. The van der Waals surface area contributed by atoms with Gasteiger partial charge in [-0.25, -0.2) is 9.59 Å². The maximum Gasteiger partial charge on any atom is 0.336 e. The molecule has 1 amide bonds. The number of azide groups is 1. The summed E-state index contributed by atoms with van der Waals surface area (Å²) in [6.07, 6.45) is 9.15. The number of carbonyl (C=O) groups excluding carboxylic acids is 3. The second-order valence-corrected chi connectivity index (χ2v) is 17.3. The largest absolute Gasteiger partial charge is 0.497 e. The van der Waals surface area contributed by atoms with Crippen molar-refractivity contribution in [1.29, 1.82) is 0 Å². The predicted octanol–water partition coefficient (Wildman–Crippen LogP) is 7.14. The van der Waals surface area contributed by atoms with Crippen LogP contribution in [0.1, 0.15) is 103 Å². The number of amides is 1. The molecule has 14 heteroatoms. The normalized spacial score (nSPS) is 30.4. The lowest BCUT2D eigenvalue weighted by atomic mass is 9.44. The summed E-state index contributed by atoms with van der Waals surface area (Å²) in [5.74, 6) is 0.847. The van der Waals surface area contributed by atoms with E-state index in [1.165, 1.54) is 38.9 Å². The molecule has 10 atom stereocenters. The van der Waals surface area contributed by atoms with Crippen molar-refractivity contribution in [3.05, 3.63) is 50.7 Å². The number of benzene rings is 1. The van der Waals surface area contributed by atoms with Crippen LogP contribution in [0.2, 0.25) is 0 Å². The number of carboxylic acids is 1. The lowest BCUT2D eigenvalue weighted by Crippen LogP contribution is -2.54. The van der Waals surface area contributed by atoms with Crippen LogP contribution in [0.3, 0.4) is 0 Å². The molecule has 0 bridgehead atoms. The van der Waals surface area contributed by atoms with Gasteiger partial charge < -0.3 is 29.1 Å². The molecular formula is C42H56N4O10. The molecule has 4 saturated carbocycles. The molecular weight excluding hydrogens is 720 g/mol. The smallest absolute Gasteiger partial charge is 0.336 e. The first kappa shape index (κ1) is 41.1. The second kappa shape index (κ2) is 17.3. The van der Waals surface area contributed by atoms with E-state index in [9.17, 15) is 29.1 Å². The summed E-state index contributed by atoms with van der Waals surface area (Å²) in [4.78, 5) is 65.8. The topological polar surface area (TPSA) is 207 Å². The first-order valence-corrected chi connectivity index (χ1v) is 20.2. The molecule has 0 spiro atoms. The summed E-state index contributed by atoms with van der Waals surface area (Å²) in [6, 6.07) is 4.74. The lowest BCUT2D eigenvalue weighted by molar-refractivity contribution is -0.167. The van der Waals surface area contributed by atoms with Crippen LogP contribution in [0.4, 0.5) is 0 Å². The van der Waals surface area contributed by atoms with E-state index in [0.29, 0.717) is 65.0 Å². The molecule has 2 aromatic rings. The van der Waals surface area contributed by atoms with Crippen molar-refractivity contribution in [2.75, 3.05) is 20.3 Å². The van der Waals surface area contributed by atoms with Gasteiger partial charge in [-0.1, -0.05) is 25.9 Å². The van der Waals surface area contributed by atoms with Crippen LogP contribution in [0.25, 0.3) is 21.4 Å². The number of hydrogen-bond donors (Lipinski definition) is 2. The highest BCUT2D eigenvalue weighted by Crippen LogP contribution is 2.68. The van der Waals surface area contributed by atoms with E-state index in [4.69, 9.17) is 24.2 Å². The van der Waals surface area contributed by atoms with Gasteiger partial charge in [0.1, 0.15) is 23.5 Å². The van der Waals surface area contributed by atoms with Gasteiger partial charge >= 0.3 is 23.5 Å². The number of aliphatic carboxylic acids is 1. The molecule has 304 valence electrons. The molecule has 2 N–H and O–H groups in total. The number of esters is 2. The van der Waals surface area contributed by atoms with Crippen LogP contribution >= 0.6 is 0 Å². The van der Waals surface area contributed by atoms with E-state index >= 15 is 0 Å². The molecule has 3 unspecified atom stereocenters. The monoisotopic (exact) mass is 776 g/mol. The Morgan fingerprint density at radius 1 is 1.05 bits per heavy atom. The summed E-state index contributed by atoms with van der Waals surface area (Å²) >= 11 is 0. The molecule has 1 aromatic heterocycles. The Bertz CT molecular complexity index is 1910. The van der Waals surface area contributed by atoms with Crippen LogP contribution in [0, 0.1) is 46.3 Å². The fourth-order valence-electron chi connectivity index (χ4n) is 11.7. The van der Waals surface area contributed by atoms with Crippen LogP contribution in [0.5, 0.6) is 5.75 Å². The van der Waals surface area contributed by atoms with Crippen molar-refractivity contribution in [2.24, 2.45) is 51.5 Å². The molecule has 4 fully saturated rings. The molecule has 1 heterocycles. The fourth-order valence-corrected chi connectivity index (χ4v) is 11.7. The van der Waals surface area contributed by atoms with Crippen molar-refractivity contribution < 1.29 is 42.9 Å². The summed E-state index contributed by atoms with van der Waals surface area (Å²) in [5, 5.41) is 16.1. The Hall–Kier alpha value is -4.58. The van der Waals surface area contributed by atoms with Crippen LogP contribution in [0.15, 0.2) is 38.6 Å². The molecule has 14 nitrogen and oxygen atoms in total. The predicted molar refractivity (Wildman–Crippen MR) is 205 cm³/mol. The molecule has 6 rings (SSSR count). The van der Waals surface area contributed by atoms with Crippen molar-refractivity contribution in [3.63, 3.8) is 0 Å². The van der Waals surface area contributed by atoms with E-state index in [2.05, 4.69) is 36.1 Å². The molecule has 0 aliphatic heterocycles. The number of nitrogens with zero attached hydrogens (tertiary/aromatic N) is 3. The van der Waals surface area contributed by atoms with Crippen LogP contribution < -0.4 is 15.7 Å². The zero-order valence-electron chi connectivity index (χ0n) is 33.0. The Labute approximate surface area is 327 Å². The molecule has 4 aliphatic rings. The molecule has 4 aliphatic carbocycles. The Morgan fingerprint density at radius 2 is 1.82 bits per heavy atom. The number of methoxy groups -OCH3 is 1. The van der Waals surface area contributed by atoms with E-state index in [-0.39, 0.29) is 48.1 Å². The van der Waals surface area contributed by atoms with Crippen molar-refractivity contribution in [1.82, 2.24) is 5.32 Å². The van der Waals surface area contributed by atoms with Gasteiger partial charge in [0.15, 0.2) is 0 Å². The van der Waals surface area contributed by atoms with Crippen molar-refractivity contribution >= 4 is 34.8 Å². The average Bonchev–Trinajstić information content (AvgIpc) is 3.52. The molecule has 0 saturated heterocycles. The number of rotatable bonds is 15. The minimum Gasteiger partial charge on any atom is -0.497 e. The molecule has 1 aromatic carbocycles. The minimum atomic E-state index is -1.38. The Morgan fingerprint density at radius 3 is 2.57 bits per heavy atom. The third-order valence-electron chi connectivity index (χ3n) is 14.4. The van der Waals surface area contributed by atoms with E-state index in [1.54, 1.807) is 18.2 Å². The first-order chi connectivity index (χ1) is 26.7. The van der Waals surface area contributed by atoms with Crippen molar-refractivity contribution in [2.45, 2.75) is 116 Å². The fraction of sp³-hybridized carbons (Fsp3) is 0.690. The second-order valence-electron chi connectivity index (χ2n) is 17.3. The van der Waals surface area contributed by atoms with Gasteiger partial charge in [-0.2, -0.15) is 0 Å². The zero-order chi connectivity index (χ0) is 40.2. The number of carboxylic acid groups (broad SMARTS) is 1. The third-order valence-corrected chi connectivity index (χ3v) is 14.4. The molecule has 0 radical (unpaired) electrons. The van der Waals surface area contributed by atoms with E-state index in [0.717, 1.165) is 32.1 Å². The Balaban J connectivity index is 1.04. The quantitative estimate of drug-likeness (QED) is 0.0466.